The van der Waals surface area contributed by atoms with E-state index in [0.717, 1.165) is 6.92 Å². The largest absolute Gasteiger partial charge is 0.489 e. The molecule has 23 heavy (non-hydrogen) atoms. The standard InChI is InChI=1S/C12H10BF6NO3/c1-5(2)10(21)20-9-6(11(14,15)16)3-4-7(13(22)23)8(9)12(17,18)19/h3-4,22-23H,1H2,2H3,(H,20,21). The molecule has 0 aromatic heterocycles. The summed E-state index contributed by atoms with van der Waals surface area (Å²) in [6, 6.07) is 0.505. The third-order valence-corrected chi connectivity index (χ3v) is 2.73. The number of hydrogen-bond donors (Lipinski definition) is 3. The average Bonchev–Trinajstić information content (AvgIpc) is 2.34. The lowest BCUT2D eigenvalue weighted by atomic mass is 9.75. The number of alkyl halides is 6. The maximum absolute atomic E-state index is 13.1. The van der Waals surface area contributed by atoms with E-state index in [-0.39, 0.29) is 17.7 Å². The highest BCUT2D eigenvalue weighted by atomic mass is 19.4. The Labute approximate surface area is 126 Å². The van der Waals surface area contributed by atoms with Crippen LogP contribution in [0.15, 0.2) is 24.3 Å². The van der Waals surface area contributed by atoms with Crippen LogP contribution in [0, 0.1) is 0 Å². The summed E-state index contributed by atoms with van der Waals surface area (Å²) < 4.78 is 78.2. The summed E-state index contributed by atoms with van der Waals surface area (Å²) in [4.78, 5) is 11.5. The molecule has 0 heterocycles. The first-order chi connectivity index (χ1) is 10.3. The van der Waals surface area contributed by atoms with Gasteiger partial charge in [-0.25, -0.2) is 0 Å². The maximum Gasteiger partial charge on any atom is 0.489 e. The predicted molar refractivity (Wildman–Crippen MR) is 69.7 cm³/mol. The summed E-state index contributed by atoms with van der Waals surface area (Å²) in [7, 11) is -2.69. The normalized spacial score (nSPS) is 12.0. The number of hydrogen-bond acceptors (Lipinski definition) is 3. The SMILES string of the molecule is C=C(C)C(=O)Nc1c(C(F)(F)F)ccc(B(O)O)c1C(F)(F)F. The maximum atomic E-state index is 13.1. The first kappa shape index (κ1) is 19.0. The Kier molecular flexibility index (Phi) is 5.17. The van der Waals surface area contributed by atoms with Crippen LogP contribution in [0.5, 0.6) is 0 Å². The molecule has 11 heteroatoms. The fourth-order valence-electron chi connectivity index (χ4n) is 1.73. The summed E-state index contributed by atoms with van der Waals surface area (Å²) in [6.07, 6.45) is -10.6. The van der Waals surface area contributed by atoms with Crippen molar-refractivity contribution in [2.45, 2.75) is 19.3 Å². The Balaban J connectivity index is 3.78. The van der Waals surface area contributed by atoms with Gasteiger partial charge in [0.1, 0.15) is 0 Å². The fraction of sp³-hybridized carbons (Fsp3) is 0.250. The van der Waals surface area contributed by atoms with Gasteiger partial charge in [0.25, 0.3) is 5.91 Å². The van der Waals surface area contributed by atoms with Gasteiger partial charge in [-0.15, -0.1) is 0 Å². The zero-order valence-electron chi connectivity index (χ0n) is 11.5. The zero-order valence-corrected chi connectivity index (χ0v) is 11.5. The van der Waals surface area contributed by atoms with Gasteiger partial charge >= 0.3 is 19.5 Å². The Morgan fingerprint density at radius 1 is 1.13 bits per heavy atom. The van der Waals surface area contributed by atoms with Crippen LogP contribution in [0.1, 0.15) is 18.1 Å². The highest BCUT2D eigenvalue weighted by molar-refractivity contribution is 6.59. The van der Waals surface area contributed by atoms with Gasteiger partial charge in [0.05, 0.1) is 16.8 Å². The van der Waals surface area contributed by atoms with Crippen molar-refractivity contribution >= 4 is 24.2 Å². The van der Waals surface area contributed by atoms with Crippen LogP contribution in [0.3, 0.4) is 0 Å². The van der Waals surface area contributed by atoms with E-state index in [9.17, 15) is 31.1 Å². The van der Waals surface area contributed by atoms with Gasteiger partial charge < -0.3 is 15.4 Å². The Bertz CT molecular complexity index is 639. The van der Waals surface area contributed by atoms with Crippen LogP contribution in [0.4, 0.5) is 32.0 Å². The quantitative estimate of drug-likeness (QED) is 0.447. The molecule has 126 valence electrons. The fourth-order valence-corrected chi connectivity index (χ4v) is 1.73. The molecule has 0 saturated carbocycles. The number of amides is 1. The van der Waals surface area contributed by atoms with E-state index in [1.54, 1.807) is 0 Å². The molecule has 1 amide bonds. The number of rotatable bonds is 3. The highest BCUT2D eigenvalue weighted by Gasteiger charge is 2.44. The molecule has 3 N–H and O–H groups in total. The first-order valence-electron chi connectivity index (χ1n) is 5.91. The second-order valence-electron chi connectivity index (χ2n) is 4.56. The molecule has 1 aromatic carbocycles. The minimum absolute atomic E-state index is 0.220. The molecule has 1 aromatic rings. The molecule has 0 spiro atoms. The molecule has 0 saturated heterocycles. The lowest BCUT2D eigenvalue weighted by molar-refractivity contribution is -0.141. The van der Waals surface area contributed by atoms with E-state index in [1.807, 2.05) is 0 Å². The average molecular weight is 341 g/mol. The monoisotopic (exact) mass is 341 g/mol. The number of carbonyl (C=O) groups is 1. The minimum atomic E-state index is -5.38. The Morgan fingerprint density at radius 2 is 1.65 bits per heavy atom. The van der Waals surface area contributed by atoms with Crippen molar-refractivity contribution in [3.8, 4) is 0 Å². The van der Waals surface area contributed by atoms with Crippen molar-refractivity contribution in [1.82, 2.24) is 0 Å². The number of carbonyl (C=O) groups excluding carboxylic acids is 1. The molecule has 0 unspecified atom stereocenters. The molecule has 0 aliphatic carbocycles. The van der Waals surface area contributed by atoms with E-state index in [2.05, 4.69) is 6.58 Å². The van der Waals surface area contributed by atoms with Crippen molar-refractivity contribution in [2.75, 3.05) is 5.32 Å². The molecular formula is C12H10BF6NO3. The van der Waals surface area contributed by atoms with Crippen molar-refractivity contribution < 1.29 is 41.2 Å². The summed E-state index contributed by atoms with van der Waals surface area (Å²) in [5.41, 5.74) is -6.92. The van der Waals surface area contributed by atoms with Gasteiger partial charge in [-0.05, 0) is 18.5 Å². The summed E-state index contributed by atoms with van der Waals surface area (Å²) >= 11 is 0. The third kappa shape index (κ3) is 4.26. The molecule has 1 rings (SSSR count). The predicted octanol–water partition coefficient (Wildman–Crippen LogP) is 1.92. The van der Waals surface area contributed by atoms with Crippen LogP contribution in [-0.4, -0.2) is 23.1 Å². The van der Waals surface area contributed by atoms with Gasteiger partial charge in [0.15, 0.2) is 0 Å². The van der Waals surface area contributed by atoms with Crippen LogP contribution < -0.4 is 10.8 Å². The van der Waals surface area contributed by atoms with E-state index < -0.39 is 47.7 Å². The number of halogens is 6. The second-order valence-corrected chi connectivity index (χ2v) is 4.56. The number of nitrogens with one attached hydrogen (secondary N) is 1. The smallest absolute Gasteiger partial charge is 0.423 e. The lowest BCUT2D eigenvalue weighted by Crippen LogP contribution is -2.38. The van der Waals surface area contributed by atoms with Gasteiger partial charge in [-0.2, -0.15) is 26.3 Å². The minimum Gasteiger partial charge on any atom is -0.423 e. The highest BCUT2D eigenvalue weighted by Crippen LogP contribution is 2.42. The summed E-state index contributed by atoms with van der Waals surface area (Å²) in [5, 5.41) is 19.4. The Hall–Kier alpha value is -2.01. The molecule has 0 aliphatic rings. The molecule has 0 radical (unpaired) electrons. The van der Waals surface area contributed by atoms with E-state index in [1.165, 1.54) is 5.32 Å². The topological polar surface area (TPSA) is 69.6 Å². The first-order valence-corrected chi connectivity index (χ1v) is 5.91. The van der Waals surface area contributed by atoms with E-state index in [4.69, 9.17) is 10.0 Å². The molecular weight excluding hydrogens is 331 g/mol. The van der Waals surface area contributed by atoms with Gasteiger partial charge in [-0.3, -0.25) is 4.79 Å². The molecule has 4 nitrogen and oxygen atoms in total. The number of anilines is 1. The van der Waals surface area contributed by atoms with Crippen molar-refractivity contribution in [3.05, 3.63) is 35.4 Å². The zero-order chi connectivity index (χ0) is 18.2. The van der Waals surface area contributed by atoms with Gasteiger partial charge in [0.2, 0.25) is 0 Å². The Morgan fingerprint density at radius 3 is 2.00 bits per heavy atom. The van der Waals surface area contributed by atoms with E-state index in [0.29, 0.717) is 0 Å². The van der Waals surface area contributed by atoms with Gasteiger partial charge in [0, 0.05) is 5.57 Å². The second kappa shape index (κ2) is 6.24. The summed E-state index contributed by atoms with van der Waals surface area (Å²) in [6.45, 7) is 4.20. The van der Waals surface area contributed by atoms with Crippen molar-refractivity contribution in [1.29, 1.82) is 0 Å². The van der Waals surface area contributed by atoms with Crippen LogP contribution in [0.2, 0.25) is 0 Å². The molecule has 0 atom stereocenters. The molecule has 0 bridgehead atoms. The van der Waals surface area contributed by atoms with Crippen LogP contribution in [0.25, 0.3) is 0 Å². The van der Waals surface area contributed by atoms with Crippen LogP contribution >= 0.6 is 0 Å². The third-order valence-electron chi connectivity index (χ3n) is 2.73. The van der Waals surface area contributed by atoms with Crippen LogP contribution in [-0.2, 0) is 17.1 Å². The van der Waals surface area contributed by atoms with Crippen molar-refractivity contribution in [2.24, 2.45) is 0 Å². The molecule has 0 fully saturated rings. The van der Waals surface area contributed by atoms with E-state index >= 15 is 0 Å². The molecule has 0 aliphatic heterocycles. The number of benzene rings is 1. The summed E-state index contributed by atoms with van der Waals surface area (Å²) in [5.74, 6) is -1.27. The van der Waals surface area contributed by atoms with Crippen molar-refractivity contribution in [3.63, 3.8) is 0 Å². The van der Waals surface area contributed by atoms with Gasteiger partial charge in [-0.1, -0.05) is 12.6 Å². The lowest BCUT2D eigenvalue weighted by Gasteiger charge is -2.22.